The van der Waals surface area contributed by atoms with Gasteiger partial charge in [0, 0.05) is 48.9 Å². The van der Waals surface area contributed by atoms with Crippen LogP contribution in [0, 0.1) is 11.3 Å². The summed E-state index contributed by atoms with van der Waals surface area (Å²) in [6, 6.07) is 12.1. The Hall–Kier alpha value is -4.40. The van der Waals surface area contributed by atoms with Gasteiger partial charge in [0.05, 0.1) is 40.5 Å². The second-order valence-corrected chi connectivity index (χ2v) is 9.76. The maximum Gasteiger partial charge on any atom is 0.261 e. The first-order chi connectivity index (χ1) is 18.2. The summed E-state index contributed by atoms with van der Waals surface area (Å²) in [5, 5.41) is 20.1. The predicted octanol–water partition coefficient (Wildman–Crippen LogP) is 3.63. The predicted molar refractivity (Wildman–Crippen MR) is 145 cm³/mol. The molecule has 0 spiro atoms. The van der Waals surface area contributed by atoms with Crippen LogP contribution in [0.4, 0.5) is 5.00 Å². The lowest BCUT2D eigenvalue weighted by molar-refractivity contribution is -0.119. The van der Waals surface area contributed by atoms with Gasteiger partial charge in [0.1, 0.15) is 11.8 Å². The maximum absolute atomic E-state index is 13.5. The van der Waals surface area contributed by atoms with Crippen molar-refractivity contribution in [2.24, 2.45) is 7.05 Å². The topological polar surface area (TPSA) is 131 Å². The Kier molecular flexibility index (Phi) is 7.95. The zero-order chi connectivity index (χ0) is 27.4. The van der Waals surface area contributed by atoms with Crippen molar-refractivity contribution in [1.29, 1.82) is 5.26 Å². The number of benzene rings is 1. The highest BCUT2D eigenvalue weighted by Crippen LogP contribution is 2.34. The molecular weight excluding hydrogens is 528 g/mol. The highest BCUT2D eigenvalue weighted by atomic mass is 35.5. The number of amides is 2. The fraction of sp³-hybridized carbons (Fsp3) is 0.192. The molecular formula is C26H23ClN6O4S. The third kappa shape index (κ3) is 5.61. The lowest BCUT2D eigenvalue weighted by Gasteiger charge is -2.20. The van der Waals surface area contributed by atoms with E-state index in [2.05, 4.69) is 21.8 Å². The summed E-state index contributed by atoms with van der Waals surface area (Å²) in [7, 11) is 4.71. The molecule has 3 heterocycles. The monoisotopic (exact) mass is 550 g/mol. The molecule has 1 unspecified atom stereocenters. The van der Waals surface area contributed by atoms with Crippen molar-refractivity contribution in [1.82, 2.24) is 19.7 Å². The number of hydrogen-bond acceptors (Lipinski definition) is 7. The van der Waals surface area contributed by atoms with Crippen LogP contribution < -0.4 is 20.9 Å². The molecule has 1 atom stereocenters. The number of rotatable bonds is 8. The molecule has 0 aliphatic carbocycles. The Bertz CT molecular complexity index is 1620. The molecule has 4 rings (SSSR count). The number of thiophene rings is 1. The minimum absolute atomic E-state index is 0.114. The van der Waals surface area contributed by atoms with Gasteiger partial charge in [-0.25, -0.2) is 0 Å². The maximum atomic E-state index is 13.5. The summed E-state index contributed by atoms with van der Waals surface area (Å²) in [5.41, 5.74) is 1.24. The van der Waals surface area contributed by atoms with Crippen molar-refractivity contribution >= 4 is 39.8 Å². The lowest BCUT2D eigenvalue weighted by Crippen LogP contribution is -2.34. The number of nitriles is 1. The van der Waals surface area contributed by atoms with Crippen molar-refractivity contribution < 1.29 is 14.3 Å². The number of aromatic nitrogens is 3. The quantitative estimate of drug-likeness (QED) is 0.344. The van der Waals surface area contributed by atoms with E-state index in [9.17, 15) is 19.6 Å². The SMILES string of the molecule is CNC(=O)c1ccc(NC(=O)C(Cc2ccn(C)n2)n2cc(OC)c(-c3cc(Cl)ccc3C#N)cc2=O)s1. The third-order valence-corrected chi connectivity index (χ3v) is 7.00. The van der Waals surface area contributed by atoms with Crippen molar-refractivity contribution in [2.45, 2.75) is 12.5 Å². The van der Waals surface area contributed by atoms with E-state index in [4.69, 9.17) is 16.3 Å². The van der Waals surface area contributed by atoms with Gasteiger partial charge in [-0.15, -0.1) is 11.3 Å². The average Bonchev–Trinajstić information content (AvgIpc) is 3.55. The minimum Gasteiger partial charge on any atom is -0.495 e. The van der Waals surface area contributed by atoms with Crippen LogP contribution in [-0.2, 0) is 18.3 Å². The standard InChI is InChI=1S/C26H23ClN6O4S/c1-29-26(36)22-6-7-23(38-22)30-25(35)20(11-17-8-9-32(2)31-17)33-14-21(37-3)19(12-24(33)34)18-10-16(27)5-4-15(18)13-28/h4-10,12,14,20H,11H2,1-3H3,(H,29,36)(H,30,35). The first-order valence-electron chi connectivity index (χ1n) is 11.4. The summed E-state index contributed by atoms with van der Waals surface area (Å²) in [6.45, 7) is 0. The van der Waals surface area contributed by atoms with Crippen LogP contribution in [0.25, 0.3) is 11.1 Å². The average molecular weight is 551 g/mol. The number of halogens is 1. The van der Waals surface area contributed by atoms with Crippen LogP contribution in [-0.4, -0.2) is 40.3 Å². The van der Waals surface area contributed by atoms with Gasteiger partial charge in [-0.05, 0) is 36.4 Å². The summed E-state index contributed by atoms with van der Waals surface area (Å²) in [6.07, 6.45) is 3.30. The van der Waals surface area contributed by atoms with Gasteiger partial charge >= 0.3 is 0 Å². The van der Waals surface area contributed by atoms with E-state index in [-0.39, 0.29) is 18.1 Å². The first-order valence-corrected chi connectivity index (χ1v) is 12.5. The zero-order valence-corrected chi connectivity index (χ0v) is 22.3. The normalized spacial score (nSPS) is 11.4. The van der Waals surface area contributed by atoms with Gasteiger partial charge in [-0.1, -0.05) is 11.6 Å². The van der Waals surface area contributed by atoms with E-state index in [1.165, 1.54) is 31.0 Å². The number of nitrogens with one attached hydrogen (secondary N) is 2. The molecule has 1 aromatic carbocycles. The molecule has 0 aliphatic heterocycles. The summed E-state index contributed by atoms with van der Waals surface area (Å²) < 4.78 is 8.45. The van der Waals surface area contributed by atoms with Crippen LogP contribution >= 0.6 is 22.9 Å². The van der Waals surface area contributed by atoms with Crippen LogP contribution in [0.2, 0.25) is 5.02 Å². The van der Waals surface area contributed by atoms with E-state index in [0.717, 1.165) is 11.3 Å². The van der Waals surface area contributed by atoms with Gasteiger partial charge in [-0.2, -0.15) is 10.4 Å². The molecule has 0 radical (unpaired) electrons. The van der Waals surface area contributed by atoms with Crippen LogP contribution in [0.1, 0.15) is 27.0 Å². The summed E-state index contributed by atoms with van der Waals surface area (Å²) in [4.78, 5) is 39.3. The molecule has 0 aliphatic rings. The van der Waals surface area contributed by atoms with E-state index in [0.29, 0.717) is 37.3 Å². The Morgan fingerprint density at radius 1 is 1.21 bits per heavy atom. The summed E-state index contributed by atoms with van der Waals surface area (Å²) in [5.74, 6) is -0.464. The van der Waals surface area contributed by atoms with E-state index in [1.807, 2.05) is 0 Å². The second kappa shape index (κ2) is 11.3. The first kappa shape index (κ1) is 26.7. The molecule has 2 N–H and O–H groups in total. The number of aryl methyl sites for hydroxylation is 1. The molecule has 3 aromatic heterocycles. The van der Waals surface area contributed by atoms with Gasteiger partial charge in [-0.3, -0.25) is 23.6 Å². The zero-order valence-electron chi connectivity index (χ0n) is 20.7. The Morgan fingerprint density at radius 3 is 2.66 bits per heavy atom. The van der Waals surface area contributed by atoms with Crippen molar-refractivity contribution in [3.63, 3.8) is 0 Å². The number of carbonyl (C=O) groups is 2. The highest BCUT2D eigenvalue weighted by molar-refractivity contribution is 7.18. The van der Waals surface area contributed by atoms with Crippen molar-refractivity contribution in [3.8, 4) is 22.9 Å². The fourth-order valence-electron chi connectivity index (χ4n) is 3.92. The molecule has 10 nitrogen and oxygen atoms in total. The number of anilines is 1. The number of nitrogens with zero attached hydrogens (tertiary/aromatic N) is 4. The minimum atomic E-state index is -0.999. The second-order valence-electron chi connectivity index (χ2n) is 8.24. The molecule has 0 fully saturated rings. The Balaban J connectivity index is 1.77. The number of methoxy groups -OCH3 is 1. The third-order valence-electron chi connectivity index (χ3n) is 5.77. The van der Waals surface area contributed by atoms with Gasteiger partial charge < -0.3 is 15.4 Å². The van der Waals surface area contributed by atoms with Crippen molar-refractivity contribution in [2.75, 3.05) is 19.5 Å². The molecule has 38 heavy (non-hydrogen) atoms. The molecule has 194 valence electrons. The molecule has 4 aromatic rings. The largest absolute Gasteiger partial charge is 0.495 e. The van der Waals surface area contributed by atoms with Gasteiger partial charge in [0.2, 0.25) is 5.91 Å². The molecule has 0 saturated carbocycles. The van der Waals surface area contributed by atoms with E-state index >= 15 is 0 Å². The fourth-order valence-corrected chi connectivity index (χ4v) is 4.95. The van der Waals surface area contributed by atoms with Gasteiger partial charge in [0.15, 0.2) is 0 Å². The van der Waals surface area contributed by atoms with Gasteiger partial charge in [0.25, 0.3) is 11.5 Å². The Labute approximate surface area is 227 Å². The van der Waals surface area contributed by atoms with Crippen molar-refractivity contribution in [3.05, 3.63) is 86.4 Å². The Morgan fingerprint density at radius 2 is 2.00 bits per heavy atom. The highest BCUT2D eigenvalue weighted by Gasteiger charge is 2.26. The molecule has 0 saturated heterocycles. The molecule has 2 amide bonds. The summed E-state index contributed by atoms with van der Waals surface area (Å²) >= 11 is 7.28. The molecule has 0 bridgehead atoms. The number of carbonyl (C=O) groups excluding carboxylic acids is 2. The number of ether oxygens (including phenoxy) is 1. The number of pyridine rings is 1. The van der Waals surface area contributed by atoms with Crippen LogP contribution in [0.3, 0.4) is 0 Å². The lowest BCUT2D eigenvalue weighted by atomic mass is 10.00. The van der Waals surface area contributed by atoms with E-state index in [1.54, 1.807) is 54.3 Å². The van der Waals surface area contributed by atoms with E-state index < -0.39 is 17.5 Å². The molecule has 12 heteroatoms. The van der Waals surface area contributed by atoms with Crippen LogP contribution in [0.5, 0.6) is 5.75 Å². The van der Waals surface area contributed by atoms with Crippen LogP contribution in [0.15, 0.2) is 59.7 Å². The smallest absolute Gasteiger partial charge is 0.261 e. The number of hydrogen-bond donors (Lipinski definition) is 2.